The number of sulfonamides is 1. The Labute approximate surface area is 160 Å². The number of aliphatic imine (C=N–C) groups is 1. The van der Waals surface area contributed by atoms with Gasteiger partial charge in [0.1, 0.15) is 18.7 Å². The summed E-state index contributed by atoms with van der Waals surface area (Å²) < 4.78 is 29.3. The molecule has 2 aromatic rings. The normalized spacial score (nSPS) is 12.2. The first-order valence-corrected chi connectivity index (χ1v) is 10.2. The lowest BCUT2D eigenvalue weighted by Crippen LogP contribution is -2.41. The molecule has 0 amide bonds. The summed E-state index contributed by atoms with van der Waals surface area (Å²) in [6.45, 7) is 7.32. The Morgan fingerprint density at radius 1 is 1.22 bits per heavy atom. The number of nitrogens with zero attached hydrogens (tertiary/aromatic N) is 4. The molecule has 0 radical (unpaired) electrons. The third-order valence-electron chi connectivity index (χ3n) is 3.87. The van der Waals surface area contributed by atoms with Gasteiger partial charge in [0.25, 0.3) is 0 Å². The zero-order valence-electron chi connectivity index (χ0n) is 16.2. The lowest BCUT2D eigenvalue weighted by Gasteiger charge is -2.13. The minimum atomic E-state index is -3.55. The van der Waals surface area contributed by atoms with E-state index in [9.17, 15) is 8.42 Å². The second kappa shape index (κ2) is 9.47. The molecule has 1 aromatic heterocycles. The maximum Gasteiger partial charge on any atom is 0.240 e. The molecular formula is C17H27N7O2S. The Morgan fingerprint density at radius 2 is 2.00 bits per heavy atom. The van der Waals surface area contributed by atoms with Crippen LogP contribution in [0.1, 0.15) is 23.9 Å². The summed E-state index contributed by atoms with van der Waals surface area (Å²) in [5.41, 5.74) is 1.63. The van der Waals surface area contributed by atoms with Gasteiger partial charge in [0.05, 0.1) is 4.90 Å². The van der Waals surface area contributed by atoms with Gasteiger partial charge in [0, 0.05) is 26.7 Å². The fourth-order valence-electron chi connectivity index (χ4n) is 2.40. The molecule has 0 saturated heterocycles. The van der Waals surface area contributed by atoms with E-state index in [2.05, 4.69) is 30.4 Å². The molecule has 0 aliphatic carbocycles. The van der Waals surface area contributed by atoms with Gasteiger partial charge < -0.3 is 10.6 Å². The standard InChI is InChI=1S/C17H27N7O2S/c1-5-18-17(20-11-16-21-12-22-24(16)4)19-8-9-23-27(25,26)15-10-13(2)6-7-14(15)3/h6-7,10,12,23H,5,8-9,11H2,1-4H3,(H2,18,19,20). The molecule has 0 saturated carbocycles. The van der Waals surface area contributed by atoms with Crippen molar-refractivity contribution in [2.45, 2.75) is 32.2 Å². The van der Waals surface area contributed by atoms with E-state index in [0.717, 1.165) is 17.0 Å². The molecule has 0 aliphatic heterocycles. The Morgan fingerprint density at radius 3 is 2.67 bits per heavy atom. The fourth-order valence-corrected chi connectivity index (χ4v) is 3.75. The van der Waals surface area contributed by atoms with Gasteiger partial charge in [-0.1, -0.05) is 12.1 Å². The average Bonchev–Trinajstić information content (AvgIpc) is 3.03. The van der Waals surface area contributed by atoms with Crippen molar-refractivity contribution in [1.29, 1.82) is 0 Å². The lowest BCUT2D eigenvalue weighted by atomic mass is 10.2. The predicted molar refractivity (Wildman–Crippen MR) is 105 cm³/mol. The van der Waals surface area contributed by atoms with Crippen LogP contribution in [-0.4, -0.2) is 48.8 Å². The Hall–Kier alpha value is -2.46. The van der Waals surface area contributed by atoms with E-state index in [-0.39, 0.29) is 6.54 Å². The van der Waals surface area contributed by atoms with Crippen molar-refractivity contribution < 1.29 is 8.42 Å². The van der Waals surface area contributed by atoms with Crippen molar-refractivity contribution in [1.82, 2.24) is 30.1 Å². The second-order valence-electron chi connectivity index (χ2n) is 6.09. The van der Waals surface area contributed by atoms with E-state index < -0.39 is 10.0 Å². The van der Waals surface area contributed by atoms with Crippen molar-refractivity contribution in [3.63, 3.8) is 0 Å². The molecule has 2 rings (SSSR count). The van der Waals surface area contributed by atoms with Gasteiger partial charge in [-0.3, -0.25) is 4.68 Å². The van der Waals surface area contributed by atoms with Crippen LogP contribution in [-0.2, 0) is 23.6 Å². The second-order valence-corrected chi connectivity index (χ2v) is 7.82. The van der Waals surface area contributed by atoms with Crippen molar-refractivity contribution in [2.24, 2.45) is 12.0 Å². The number of hydrogen-bond acceptors (Lipinski definition) is 5. The van der Waals surface area contributed by atoms with Gasteiger partial charge in [0.2, 0.25) is 10.0 Å². The van der Waals surface area contributed by atoms with E-state index in [1.165, 1.54) is 6.33 Å². The molecule has 0 aliphatic rings. The summed E-state index contributed by atoms with van der Waals surface area (Å²) in [6, 6.07) is 5.38. The Bertz CT molecular complexity index is 890. The molecule has 1 aromatic carbocycles. The summed E-state index contributed by atoms with van der Waals surface area (Å²) in [6.07, 6.45) is 1.48. The lowest BCUT2D eigenvalue weighted by molar-refractivity contribution is 0.579. The summed E-state index contributed by atoms with van der Waals surface area (Å²) in [5, 5.41) is 10.2. The van der Waals surface area contributed by atoms with Gasteiger partial charge in [0.15, 0.2) is 5.96 Å². The predicted octanol–water partition coefficient (Wildman–Crippen LogP) is 0.466. The summed E-state index contributed by atoms with van der Waals surface area (Å²) in [5.74, 6) is 1.33. The highest BCUT2D eigenvalue weighted by Gasteiger charge is 2.16. The number of hydrogen-bond donors (Lipinski definition) is 3. The molecule has 10 heteroatoms. The number of benzene rings is 1. The molecule has 9 nitrogen and oxygen atoms in total. The van der Waals surface area contributed by atoms with Crippen LogP contribution in [0.5, 0.6) is 0 Å². The molecular weight excluding hydrogens is 366 g/mol. The molecule has 27 heavy (non-hydrogen) atoms. The van der Waals surface area contributed by atoms with Crippen molar-refractivity contribution >= 4 is 16.0 Å². The third kappa shape index (κ3) is 6.04. The molecule has 0 fully saturated rings. The molecule has 3 N–H and O–H groups in total. The van der Waals surface area contributed by atoms with E-state index in [1.54, 1.807) is 24.7 Å². The van der Waals surface area contributed by atoms with Gasteiger partial charge in [-0.15, -0.1) is 0 Å². The number of aromatic nitrogens is 3. The molecule has 0 unspecified atom stereocenters. The minimum absolute atomic E-state index is 0.240. The molecule has 0 bridgehead atoms. The van der Waals surface area contributed by atoms with Gasteiger partial charge in [-0.05, 0) is 38.0 Å². The monoisotopic (exact) mass is 393 g/mol. The van der Waals surface area contributed by atoms with Crippen molar-refractivity contribution in [2.75, 3.05) is 19.6 Å². The highest BCUT2D eigenvalue weighted by Crippen LogP contribution is 2.16. The summed E-state index contributed by atoms with van der Waals surface area (Å²) >= 11 is 0. The topological polar surface area (TPSA) is 113 Å². The quantitative estimate of drug-likeness (QED) is 0.341. The van der Waals surface area contributed by atoms with Crippen molar-refractivity contribution in [3.8, 4) is 0 Å². The zero-order valence-corrected chi connectivity index (χ0v) is 17.0. The van der Waals surface area contributed by atoms with E-state index in [4.69, 9.17) is 0 Å². The average molecular weight is 394 g/mol. The van der Waals surface area contributed by atoms with Crippen LogP contribution in [0.2, 0.25) is 0 Å². The van der Waals surface area contributed by atoms with Crippen LogP contribution >= 0.6 is 0 Å². The van der Waals surface area contributed by atoms with Crippen LogP contribution in [0.25, 0.3) is 0 Å². The van der Waals surface area contributed by atoms with Gasteiger partial charge in [-0.25, -0.2) is 23.1 Å². The van der Waals surface area contributed by atoms with Crippen molar-refractivity contribution in [3.05, 3.63) is 41.5 Å². The number of aryl methyl sites for hydroxylation is 3. The smallest absolute Gasteiger partial charge is 0.240 e. The van der Waals surface area contributed by atoms with Crippen LogP contribution in [0, 0.1) is 13.8 Å². The number of guanidine groups is 1. The number of nitrogens with one attached hydrogen (secondary N) is 3. The fraction of sp³-hybridized carbons (Fsp3) is 0.471. The highest BCUT2D eigenvalue weighted by atomic mass is 32.2. The minimum Gasteiger partial charge on any atom is -0.357 e. The van der Waals surface area contributed by atoms with E-state index in [1.807, 2.05) is 26.0 Å². The Balaban J connectivity index is 1.91. The first kappa shape index (κ1) is 20.8. The van der Waals surface area contributed by atoms with Crippen LogP contribution in [0.4, 0.5) is 0 Å². The maximum atomic E-state index is 12.5. The van der Waals surface area contributed by atoms with Crippen LogP contribution < -0.4 is 15.4 Å². The first-order valence-electron chi connectivity index (χ1n) is 8.75. The summed E-state index contributed by atoms with van der Waals surface area (Å²) in [7, 11) is -1.74. The van der Waals surface area contributed by atoms with Crippen LogP contribution in [0.3, 0.4) is 0 Å². The first-order chi connectivity index (χ1) is 12.8. The molecule has 0 atom stereocenters. The zero-order chi connectivity index (χ0) is 19.9. The third-order valence-corrected chi connectivity index (χ3v) is 5.47. The van der Waals surface area contributed by atoms with Crippen LogP contribution in [0.15, 0.2) is 34.4 Å². The largest absolute Gasteiger partial charge is 0.357 e. The molecule has 1 heterocycles. The van der Waals surface area contributed by atoms with E-state index in [0.29, 0.717) is 30.5 Å². The maximum absolute atomic E-state index is 12.5. The Kier molecular flexibility index (Phi) is 7.31. The summed E-state index contributed by atoms with van der Waals surface area (Å²) in [4.78, 5) is 8.86. The highest BCUT2D eigenvalue weighted by molar-refractivity contribution is 7.89. The van der Waals surface area contributed by atoms with Gasteiger partial charge >= 0.3 is 0 Å². The number of rotatable bonds is 8. The SMILES string of the molecule is CCNC(=NCc1ncnn1C)NCCNS(=O)(=O)c1cc(C)ccc1C. The molecule has 0 spiro atoms. The van der Waals surface area contributed by atoms with Gasteiger partial charge in [-0.2, -0.15) is 5.10 Å². The van der Waals surface area contributed by atoms with E-state index >= 15 is 0 Å². The molecule has 148 valence electrons.